The van der Waals surface area contributed by atoms with Gasteiger partial charge in [-0.25, -0.2) is 4.99 Å². The van der Waals surface area contributed by atoms with Gasteiger partial charge in [-0.1, -0.05) is 18.2 Å². The molecule has 2 N–H and O–H groups in total. The third-order valence-electron chi connectivity index (χ3n) is 5.37. The third-order valence-corrected chi connectivity index (χ3v) is 5.37. The zero-order chi connectivity index (χ0) is 21.5. The molecule has 0 spiro atoms. The molecule has 0 aliphatic carbocycles. The molecule has 166 valence electrons. The van der Waals surface area contributed by atoms with Crippen molar-refractivity contribution >= 4 is 5.96 Å². The van der Waals surface area contributed by atoms with Gasteiger partial charge >= 0.3 is 0 Å². The summed E-state index contributed by atoms with van der Waals surface area (Å²) in [5, 5.41) is 6.73. The molecule has 4 rings (SSSR count). The second-order valence-electron chi connectivity index (χ2n) is 7.89. The summed E-state index contributed by atoms with van der Waals surface area (Å²) in [6.07, 6.45) is 1.07. The average Bonchev–Trinajstić information content (AvgIpc) is 3.46. The average molecular weight is 426 g/mol. The molecule has 2 aliphatic heterocycles. The van der Waals surface area contributed by atoms with Crippen LogP contribution in [-0.2, 0) is 17.8 Å². The minimum absolute atomic E-state index is 0.279. The molecule has 0 bridgehead atoms. The Labute approximate surface area is 183 Å². The van der Waals surface area contributed by atoms with Crippen molar-refractivity contribution in [3.8, 4) is 17.2 Å². The van der Waals surface area contributed by atoms with Gasteiger partial charge in [-0.05, 0) is 49.6 Å². The molecule has 2 aromatic carbocycles. The van der Waals surface area contributed by atoms with Crippen LogP contribution in [0.1, 0.15) is 30.0 Å². The van der Waals surface area contributed by atoms with E-state index in [0.29, 0.717) is 25.6 Å². The van der Waals surface area contributed by atoms with Crippen LogP contribution < -0.4 is 24.8 Å². The molecule has 2 aromatic rings. The first-order valence-corrected chi connectivity index (χ1v) is 10.9. The summed E-state index contributed by atoms with van der Waals surface area (Å²) in [7, 11) is 0. The van der Waals surface area contributed by atoms with Crippen LogP contribution in [0.15, 0.2) is 41.4 Å². The van der Waals surface area contributed by atoms with E-state index in [-0.39, 0.29) is 6.79 Å². The first-order valence-electron chi connectivity index (χ1n) is 10.9. The summed E-state index contributed by atoms with van der Waals surface area (Å²) in [5.41, 5.74) is 3.36. The van der Waals surface area contributed by atoms with Gasteiger partial charge < -0.3 is 29.6 Å². The molecule has 1 saturated heterocycles. The molecule has 0 amide bonds. The minimum atomic E-state index is 0.279. The topological polar surface area (TPSA) is 73.3 Å². The number of aryl methyl sites for hydroxylation is 1. The zero-order valence-corrected chi connectivity index (χ0v) is 18.3. The summed E-state index contributed by atoms with van der Waals surface area (Å²) >= 11 is 0. The Balaban J connectivity index is 1.38. The Morgan fingerprint density at radius 3 is 2.87 bits per heavy atom. The van der Waals surface area contributed by atoms with Gasteiger partial charge in [0.05, 0.1) is 19.8 Å². The van der Waals surface area contributed by atoms with E-state index in [1.165, 1.54) is 5.56 Å². The summed E-state index contributed by atoms with van der Waals surface area (Å²) < 4.78 is 22.5. The Bertz CT molecular complexity index is 910. The number of hydrogen-bond acceptors (Lipinski definition) is 5. The largest absolute Gasteiger partial charge is 0.493 e. The lowest BCUT2D eigenvalue weighted by molar-refractivity contribution is 0.166. The Morgan fingerprint density at radius 2 is 2.03 bits per heavy atom. The summed E-state index contributed by atoms with van der Waals surface area (Å²) in [6, 6.07) is 12.2. The van der Waals surface area contributed by atoms with Gasteiger partial charge in [0.15, 0.2) is 17.5 Å². The van der Waals surface area contributed by atoms with Gasteiger partial charge in [-0.3, -0.25) is 0 Å². The molecule has 0 radical (unpaired) electrons. The fourth-order valence-corrected chi connectivity index (χ4v) is 3.59. The Morgan fingerprint density at radius 1 is 1.13 bits per heavy atom. The molecular formula is C24H31N3O4. The SMILES string of the molecule is CCNC(=NCc1ccc2c(c1)OCO2)NCc1ccc(C)cc1OCC1CCOC1. The highest BCUT2D eigenvalue weighted by molar-refractivity contribution is 5.79. The summed E-state index contributed by atoms with van der Waals surface area (Å²) in [5.74, 6) is 3.72. The van der Waals surface area contributed by atoms with E-state index in [1.807, 2.05) is 18.2 Å². The molecule has 1 atom stereocenters. The van der Waals surface area contributed by atoms with Gasteiger partial charge in [0.1, 0.15) is 5.75 Å². The second-order valence-corrected chi connectivity index (χ2v) is 7.89. The predicted octanol–water partition coefficient (Wildman–Crippen LogP) is 3.39. The van der Waals surface area contributed by atoms with Crippen molar-refractivity contribution in [1.29, 1.82) is 0 Å². The number of guanidine groups is 1. The van der Waals surface area contributed by atoms with Crippen LogP contribution in [-0.4, -0.2) is 39.1 Å². The van der Waals surface area contributed by atoms with Gasteiger partial charge in [-0.2, -0.15) is 0 Å². The number of nitrogens with one attached hydrogen (secondary N) is 2. The van der Waals surface area contributed by atoms with Crippen LogP contribution >= 0.6 is 0 Å². The number of benzene rings is 2. The number of aliphatic imine (C=N–C) groups is 1. The standard InChI is InChI=1S/C24H31N3O4/c1-3-25-24(26-12-18-5-7-21-23(11-18)31-16-30-21)27-13-20-6-4-17(2)10-22(20)29-15-19-8-9-28-14-19/h4-7,10-11,19H,3,8-9,12-16H2,1-2H3,(H2,25,26,27). The van der Waals surface area contributed by atoms with Crippen LogP contribution in [0.2, 0.25) is 0 Å². The predicted molar refractivity (Wildman–Crippen MR) is 120 cm³/mol. The van der Waals surface area contributed by atoms with E-state index in [4.69, 9.17) is 23.9 Å². The highest BCUT2D eigenvalue weighted by Crippen LogP contribution is 2.32. The van der Waals surface area contributed by atoms with E-state index >= 15 is 0 Å². The van der Waals surface area contributed by atoms with Crippen LogP contribution in [0.3, 0.4) is 0 Å². The first kappa shape index (κ1) is 21.3. The molecule has 7 heteroatoms. The van der Waals surface area contributed by atoms with Crippen LogP contribution in [0, 0.1) is 12.8 Å². The summed E-state index contributed by atoms with van der Waals surface area (Å²) in [6.45, 7) is 8.69. The van der Waals surface area contributed by atoms with Gasteiger partial charge in [-0.15, -0.1) is 0 Å². The number of rotatable bonds is 8. The molecule has 0 aromatic heterocycles. The van der Waals surface area contributed by atoms with Crippen LogP contribution in [0.25, 0.3) is 0 Å². The molecule has 2 heterocycles. The highest BCUT2D eigenvalue weighted by Gasteiger charge is 2.17. The smallest absolute Gasteiger partial charge is 0.231 e. The summed E-state index contributed by atoms with van der Waals surface area (Å²) in [4.78, 5) is 4.72. The van der Waals surface area contributed by atoms with Gasteiger partial charge in [0.2, 0.25) is 6.79 Å². The normalized spacial score (nSPS) is 17.6. The monoisotopic (exact) mass is 425 g/mol. The number of fused-ring (bicyclic) bond motifs is 1. The Kier molecular flexibility index (Phi) is 7.14. The maximum atomic E-state index is 6.16. The second kappa shape index (κ2) is 10.4. The quantitative estimate of drug-likeness (QED) is 0.499. The first-order chi connectivity index (χ1) is 15.2. The minimum Gasteiger partial charge on any atom is -0.493 e. The van der Waals surface area contributed by atoms with Crippen molar-refractivity contribution in [3.63, 3.8) is 0 Å². The maximum Gasteiger partial charge on any atom is 0.231 e. The molecular weight excluding hydrogens is 394 g/mol. The third kappa shape index (κ3) is 5.82. The molecule has 2 aliphatic rings. The fourth-order valence-electron chi connectivity index (χ4n) is 3.59. The lowest BCUT2D eigenvalue weighted by Crippen LogP contribution is -2.36. The number of hydrogen-bond donors (Lipinski definition) is 2. The van der Waals surface area contributed by atoms with E-state index in [9.17, 15) is 0 Å². The van der Waals surface area contributed by atoms with E-state index in [1.54, 1.807) is 0 Å². The van der Waals surface area contributed by atoms with Crippen molar-refractivity contribution in [3.05, 3.63) is 53.1 Å². The molecule has 0 saturated carbocycles. The lowest BCUT2D eigenvalue weighted by atomic mass is 10.1. The molecule has 1 fully saturated rings. The number of ether oxygens (including phenoxy) is 4. The fraction of sp³-hybridized carbons (Fsp3) is 0.458. The molecule has 7 nitrogen and oxygen atoms in total. The number of nitrogens with zero attached hydrogens (tertiary/aromatic N) is 1. The van der Waals surface area contributed by atoms with E-state index in [0.717, 1.165) is 60.5 Å². The van der Waals surface area contributed by atoms with E-state index < -0.39 is 0 Å². The van der Waals surface area contributed by atoms with Crippen molar-refractivity contribution in [1.82, 2.24) is 10.6 Å². The van der Waals surface area contributed by atoms with Gasteiger partial charge in [0.25, 0.3) is 0 Å². The highest BCUT2D eigenvalue weighted by atomic mass is 16.7. The zero-order valence-electron chi connectivity index (χ0n) is 18.3. The van der Waals surface area contributed by atoms with Crippen molar-refractivity contribution in [2.75, 3.05) is 33.2 Å². The van der Waals surface area contributed by atoms with Crippen molar-refractivity contribution in [2.24, 2.45) is 10.9 Å². The van der Waals surface area contributed by atoms with Crippen LogP contribution in [0.5, 0.6) is 17.2 Å². The van der Waals surface area contributed by atoms with E-state index in [2.05, 4.69) is 42.7 Å². The van der Waals surface area contributed by atoms with Crippen molar-refractivity contribution in [2.45, 2.75) is 33.4 Å². The maximum absolute atomic E-state index is 6.16. The van der Waals surface area contributed by atoms with Crippen molar-refractivity contribution < 1.29 is 18.9 Å². The molecule has 1 unspecified atom stereocenters. The lowest BCUT2D eigenvalue weighted by Gasteiger charge is -2.17. The van der Waals surface area contributed by atoms with Gasteiger partial charge in [0, 0.05) is 31.2 Å². The Hall–Kier alpha value is -2.93. The molecule has 31 heavy (non-hydrogen) atoms. The van der Waals surface area contributed by atoms with Crippen LogP contribution in [0.4, 0.5) is 0 Å².